The zero-order valence-corrected chi connectivity index (χ0v) is 28.3. The Morgan fingerprint density at radius 3 is 2.49 bits per heavy atom. The van der Waals surface area contributed by atoms with E-state index < -0.39 is 44.3 Å². The van der Waals surface area contributed by atoms with Crippen LogP contribution in [0.2, 0.25) is 0 Å². The Morgan fingerprint density at radius 1 is 1.09 bits per heavy atom. The monoisotopic (exact) mass is 667 g/mol. The van der Waals surface area contributed by atoms with Crippen LogP contribution < -0.4 is 19.5 Å². The van der Waals surface area contributed by atoms with Crippen LogP contribution >= 0.6 is 0 Å². The second-order valence-electron chi connectivity index (χ2n) is 14.1. The lowest BCUT2D eigenvalue weighted by atomic mass is 9.91. The lowest BCUT2D eigenvalue weighted by molar-refractivity contribution is -0.140. The molecule has 6 atom stereocenters. The quantitative estimate of drug-likeness (QED) is 0.421. The molecule has 4 aliphatic rings. The largest absolute Gasteiger partial charge is 0.476 e. The standard InChI is InChI=1S/C34H45N5O7S/c1-5-45-30-25-12-8-9-13-26(25)31(37-36-30)46-24-18-27-29(41)35-34(32(42)38-47(43,44)33(4)14-15-33)19-23(34)11-7-6-10-21(2)16-22(3)17-28(40)39(27)20-24/h7-9,11-13,21-24,27H,5-6,10,14-20H2,1-4H3,(H,35,41)(H,38,42). The van der Waals surface area contributed by atoms with Gasteiger partial charge in [0, 0.05) is 18.8 Å². The third-order valence-corrected chi connectivity index (χ3v) is 12.3. The first-order chi connectivity index (χ1) is 22.4. The molecular weight excluding hydrogens is 622 g/mol. The average molecular weight is 668 g/mol. The van der Waals surface area contributed by atoms with E-state index in [4.69, 9.17) is 9.47 Å². The normalized spacial score (nSPS) is 30.7. The molecule has 47 heavy (non-hydrogen) atoms. The molecule has 0 radical (unpaired) electrons. The van der Waals surface area contributed by atoms with E-state index in [0.29, 0.717) is 36.6 Å². The fourth-order valence-corrected chi connectivity index (χ4v) is 8.27. The summed E-state index contributed by atoms with van der Waals surface area (Å²) in [7, 11) is -3.92. The topological polar surface area (TPSA) is 157 Å². The number of hydrogen-bond donors (Lipinski definition) is 2. The number of hydrogen-bond acceptors (Lipinski definition) is 9. The molecule has 1 aromatic heterocycles. The number of nitrogens with zero attached hydrogens (tertiary/aromatic N) is 3. The maximum absolute atomic E-state index is 14.1. The summed E-state index contributed by atoms with van der Waals surface area (Å²) in [6.07, 6.45) is 7.59. The van der Waals surface area contributed by atoms with Gasteiger partial charge in [-0.15, -0.1) is 10.2 Å². The Hall–Kier alpha value is -3.74. The lowest BCUT2D eigenvalue weighted by Crippen LogP contribution is -2.57. The zero-order valence-electron chi connectivity index (χ0n) is 27.5. The van der Waals surface area contributed by atoms with Crippen molar-refractivity contribution in [2.45, 2.75) is 101 Å². The van der Waals surface area contributed by atoms with Gasteiger partial charge in [-0.05, 0) is 76.3 Å². The van der Waals surface area contributed by atoms with Gasteiger partial charge in [0.1, 0.15) is 17.7 Å². The molecule has 1 aromatic carbocycles. The molecule has 3 fully saturated rings. The number of ether oxygens (including phenoxy) is 2. The molecule has 2 aromatic rings. The third-order valence-electron chi connectivity index (χ3n) is 10.2. The van der Waals surface area contributed by atoms with E-state index in [9.17, 15) is 22.8 Å². The summed E-state index contributed by atoms with van der Waals surface area (Å²) in [6.45, 7) is 8.27. The zero-order chi connectivity index (χ0) is 33.6. The number of nitrogens with one attached hydrogen (secondary N) is 2. The Kier molecular flexibility index (Phi) is 8.96. The molecule has 2 aliphatic heterocycles. The van der Waals surface area contributed by atoms with E-state index in [-0.39, 0.29) is 49.4 Å². The highest BCUT2D eigenvalue weighted by Crippen LogP contribution is 2.47. The van der Waals surface area contributed by atoms with Crippen LogP contribution in [0.1, 0.15) is 79.1 Å². The average Bonchev–Trinajstić information content (AvgIpc) is 3.90. The van der Waals surface area contributed by atoms with Crippen LogP contribution in [0, 0.1) is 17.8 Å². The molecule has 1 saturated heterocycles. The first-order valence-electron chi connectivity index (χ1n) is 16.8. The highest BCUT2D eigenvalue weighted by molar-refractivity contribution is 7.91. The smallest absolute Gasteiger partial charge is 0.259 e. The second kappa shape index (κ2) is 12.7. The SMILES string of the molecule is CCOc1nnc(OC2CC3C(=O)NC4(C(=O)NS(=O)(=O)C5(C)CC5)CC4C=CCCC(C)CC(C)CC(=O)N3C2)c2ccccc12. The number of sulfonamides is 1. The second-order valence-corrected chi connectivity index (χ2v) is 16.3. The Labute approximate surface area is 276 Å². The van der Waals surface area contributed by atoms with E-state index in [1.807, 2.05) is 43.3 Å². The number of rotatable bonds is 7. The van der Waals surface area contributed by atoms with Gasteiger partial charge in [0.2, 0.25) is 33.6 Å². The maximum Gasteiger partial charge on any atom is 0.259 e. The van der Waals surface area contributed by atoms with Crippen molar-refractivity contribution in [3.8, 4) is 11.8 Å². The van der Waals surface area contributed by atoms with Gasteiger partial charge in [-0.3, -0.25) is 19.1 Å². The molecule has 6 unspecified atom stereocenters. The molecule has 3 heterocycles. The minimum atomic E-state index is -3.92. The van der Waals surface area contributed by atoms with Crippen LogP contribution in [-0.2, 0) is 24.4 Å². The van der Waals surface area contributed by atoms with Gasteiger partial charge in [-0.2, -0.15) is 0 Å². The molecule has 0 bridgehead atoms. The van der Waals surface area contributed by atoms with E-state index in [1.54, 1.807) is 11.8 Å². The summed E-state index contributed by atoms with van der Waals surface area (Å²) in [5.41, 5.74) is -1.42. The first-order valence-corrected chi connectivity index (χ1v) is 18.2. The Morgan fingerprint density at radius 2 is 1.79 bits per heavy atom. The number of fused-ring (bicyclic) bond motifs is 3. The molecule has 12 nitrogen and oxygen atoms in total. The van der Waals surface area contributed by atoms with Crippen molar-refractivity contribution in [1.29, 1.82) is 0 Å². The van der Waals surface area contributed by atoms with Crippen LogP contribution in [0.5, 0.6) is 11.8 Å². The predicted octanol–water partition coefficient (Wildman–Crippen LogP) is 3.65. The number of aromatic nitrogens is 2. The van der Waals surface area contributed by atoms with Crippen molar-refractivity contribution in [2.24, 2.45) is 17.8 Å². The van der Waals surface area contributed by atoms with Crippen molar-refractivity contribution < 1.29 is 32.3 Å². The summed E-state index contributed by atoms with van der Waals surface area (Å²) in [5.74, 6) is -0.631. The number of allylic oxidation sites excluding steroid dienone is 1. The van der Waals surface area contributed by atoms with Gasteiger partial charge >= 0.3 is 0 Å². The van der Waals surface area contributed by atoms with Crippen molar-refractivity contribution in [3.05, 3.63) is 36.4 Å². The molecule has 3 amide bonds. The number of amides is 3. The van der Waals surface area contributed by atoms with E-state index in [2.05, 4.69) is 34.1 Å². The van der Waals surface area contributed by atoms with Gasteiger partial charge in [0.05, 0.1) is 28.7 Å². The number of carbonyl (C=O) groups excluding carboxylic acids is 3. The molecule has 13 heteroatoms. The van der Waals surface area contributed by atoms with Gasteiger partial charge in [0.25, 0.3) is 5.91 Å². The molecule has 6 rings (SSSR count). The summed E-state index contributed by atoms with van der Waals surface area (Å²) in [5, 5.41) is 12.8. The fraction of sp³-hybridized carbons (Fsp3) is 0.618. The van der Waals surface area contributed by atoms with E-state index in [1.165, 1.54) is 0 Å². The first kappa shape index (κ1) is 33.2. The third kappa shape index (κ3) is 6.68. The van der Waals surface area contributed by atoms with Gasteiger partial charge in [-0.25, -0.2) is 8.42 Å². The van der Waals surface area contributed by atoms with Crippen LogP contribution in [0.3, 0.4) is 0 Å². The van der Waals surface area contributed by atoms with Crippen molar-refractivity contribution in [1.82, 2.24) is 25.1 Å². The van der Waals surface area contributed by atoms with E-state index in [0.717, 1.165) is 24.6 Å². The van der Waals surface area contributed by atoms with E-state index >= 15 is 0 Å². The lowest BCUT2D eigenvalue weighted by Gasteiger charge is -2.28. The maximum atomic E-state index is 14.1. The van der Waals surface area contributed by atoms with Gasteiger partial charge < -0.3 is 19.7 Å². The summed E-state index contributed by atoms with van der Waals surface area (Å²) >= 11 is 0. The molecule has 2 N–H and O–H groups in total. The summed E-state index contributed by atoms with van der Waals surface area (Å²) in [6, 6.07) is 6.54. The molecule has 254 valence electrons. The van der Waals surface area contributed by atoms with Gasteiger partial charge in [0.15, 0.2) is 0 Å². The molecule has 0 spiro atoms. The minimum Gasteiger partial charge on any atom is -0.476 e. The Bertz CT molecular complexity index is 1690. The highest BCUT2D eigenvalue weighted by atomic mass is 32.2. The number of carbonyl (C=O) groups is 3. The summed E-state index contributed by atoms with van der Waals surface area (Å²) in [4.78, 5) is 43.1. The van der Waals surface area contributed by atoms with Crippen LogP contribution in [0.25, 0.3) is 10.8 Å². The molecular formula is C34H45N5O7S. The summed E-state index contributed by atoms with van der Waals surface area (Å²) < 4.78 is 39.3. The number of benzene rings is 1. The van der Waals surface area contributed by atoms with Crippen LogP contribution in [-0.4, -0.2) is 76.8 Å². The van der Waals surface area contributed by atoms with Crippen molar-refractivity contribution in [2.75, 3.05) is 13.2 Å². The van der Waals surface area contributed by atoms with Crippen LogP contribution in [0.4, 0.5) is 0 Å². The molecule has 2 aliphatic carbocycles. The van der Waals surface area contributed by atoms with Crippen molar-refractivity contribution in [3.63, 3.8) is 0 Å². The van der Waals surface area contributed by atoms with Gasteiger partial charge in [-0.1, -0.05) is 38.1 Å². The predicted molar refractivity (Wildman–Crippen MR) is 175 cm³/mol. The Balaban J connectivity index is 1.28. The van der Waals surface area contributed by atoms with Crippen molar-refractivity contribution >= 4 is 38.5 Å². The fourth-order valence-electron chi connectivity index (χ4n) is 6.96. The molecule has 2 saturated carbocycles. The van der Waals surface area contributed by atoms with Crippen LogP contribution in [0.15, 0.2) is 36.4 Å². The minimum absolute atomic E-state index is 0.107. The highest BCUT2D eigenvalue weighted by Gasteiger charge is 2.63.